The molecule has 0 amide bonds. The molecule has 4 nitrogen and oxygen atoms in total. The number of ether oxygens (including phenoxy) is 1. The number of nitrogens with one attached hydrogen (secondary N) is 1. The van der Waals surface area contributed by atoms with Crippen molar-refractivity contribution in [3.63, 3.8) is 0 Å². The first kappa shape index (κ1) is 19.4. The van der Waals surface area contributed by atoms with Gasteiger partial charge >= 0.3 is 6.18 Å². The summed E-state index contributed by atoms with van der Waals surface area (Å²) in [5.41, 5.74) is 11.3. The van der Waals surface area contributed by atoms with Gasteiger partial charge in [-0.3, -0.25) is 5.41 Å². The third-order valence-electron chi connectivity index (χ3n) is 3.77. The van der Waals surface area contributed by atoms with Gasteiger partial charge in [-0.2, -0.15) is 13.2 Å². The minimum absolute atomic E-state index is 0.174. The van der Waals surface area contributed by atoms with Crippen molar-refractivity contribution in [1.29, 1.82) is 5.41 Å². The van der Waals surface area contributed by atoms with Crippen LogP contribution in [0.25, 0.3) is 11.3 Å². The summed E-state index contributed by atoms with van der Waals surface area (Å²) >= 11 is 0. The zero-order valence-corrected chi connectivity index (χ0v) is 14.4. The maximum Gasteiger partial charge on any atom is 0.433 e. The van der Waals surface area contributed by atoms with E-state index in [1.165, 1.54) is 24.3 Å². The van der Waals surface area contributed by atoms with Crippen molar-refractivity contribution in [3.05, 3.63) is 53.6 Å². The molecule has 0 unspecified atom stereocenters. The maximum atomic E-state index is 13.2. The van der Waals surface area contributed by atoms with Gasteiger partial charge < -0.3 is 16.2 Å². The third kappa shape index (κ3) is 4.19. The Hall–Kier alpha value is -2.90. The van der Waals surface area contributed by atoms with E-state index in [1.807, 2.05) is 7.85 Å². The smallest absolute Gasteiger partial charge is 0.433 e. The largest absolute Gasteiger partial charge is 0.494 e. The van der Waals surface area contributed by atoms with E-state index < -0.39 is 17.5 Å². The zero-order valence-electron chi connectivity index (χ0n) is 14.4. The molecule has 0 aromatic heterocycles. The highest BCUT2D eigenvalue weighted by molar-refractivity contribution is 6.33. The monoisotopic (exact) mass is 361 g/mol. The molecule has 8 heteroatoms. The molecule has 5 N–H and O–H groups in total. The first-order valence-electron chi connectivity index (χ1n) is 7.90. The highest BCUT2D eigenvalue weighted by Crippen LogP contribution is 2.33. The lowest BCUT2D eigenvalue weighted by atomic mass is 9.90. The fraction of sp³-hybridized carbons (Fsp3) is 0.167. The topological polar surface area (TPSA) is 85.1 Å². The highest BCUT2D eigenvalue weighted by atomic mass is 19.4. The molecular formula is C18H19BF3N3O. The molecule has 0 aliphatic rings. The van der Waals surface area contributed by atoms with E-state index in [0.717, 1.165) is 5.46 Å². The predicted octanol–water partition coefficient (Wildman–Crippen LogP) is 2.33. The molecule has 2 rings (SSSR count). The van der Waals surface area contributed by atoms with Crippen LogP contribution in [-0.4, -0.2) is 26.3 Å². The maximum absolute atomic E-state index is 13.2. The van der Waals surface area contributed by atoms with Crippen LogP contribution in [0.4, 0.5) is 18.9 Å². The van der Waals surface area contributed by atoms with Gasteiger partial charge in [0.25, 0.3) is 0 Å². The molecule has 26 heavy (non-hydrogen) atoms. The van der Waals surface area contributed by atoms with Crippen molar-refractivity contribution in [2.75, 3.05) is 12.3 Å². The molecule has 0 spiro atoms. The summed E-state index contributed by atoms with van der Waals surface area (Å²) in [5, 5.41) is 7.62. The van der Waals surface area contributed by atoms with Gasteiger partial charge in [-0.05, 0) is 24.6 Å². The van der Waals surface area contributed by atoms with Gasteiger partial charge in [-0.25, -0.2) is 0 Å². The molecular weight excluding hydrogens is 342 g/mol. The van der Waals surface area contributed by atoms with Crippen LogP contribution in [0, 0.1) is 5.41 Å². The van der Waals surface area contributed by atoms with Gasteiger partial charge in [0.15, 0.2) is 0 Å². The van der Waals surface area contributed by atoms with Gasteiger partial charge in [-0.1, -0.05) is 29.7 Å². The van der Waals surface area contributed by atoms with E-state index in [-0.39, 0.29) is 22.5 Å². The fourth-order valence-corrected chi connectivity index (χ4v) is 2.47. The van der Waals surface area contributed by atoms with E-state index in [1.54, 1.807) is 25.1 Å². The van der Waals surface area contributed by atoms with Crippen LogP contribution in [0.15, 0.2) is 42.5 Å². The standard InChI is InChI=1S/C18H19BF3N3O/c1-2-26-12-7-8-13(14(23)9-12)16(24)15(17(25)18(20,21)22)10-3-5-11(19)6-4-10/h3-9,25H,2,19,23-24H2,1H3/b16-15-,25-17?. The van der Waals surface area contributed by atoms with Crippen molar-refractivity contribution in [3.8, 4) is 5.75 Å². The van der Waals surface area contributed by atoms with Gasteiger partial charge in [-0.15, -0.1) is 0 Å². The number of rotatable bonds is 5. The first-order valence-corrected chi connectivity index (χ1v) is 7.90. The number of hydrogen-bond donors (Lipinski definition) is 3. The fourth-order valence-electron chi connectivity index (χ4n) is 2.47. The first-order chi connectivity index (χ1) is 12.1. The Balaban J connectivity index is 2.66. The lowest BCUT2D eigenvalue weighted by Crippen LogP contribution is -2.25. The van der Waals surface area contributed by atoms with Crippen LogP contribution in [0.5, 0.6) is 5.75 Å². The van der Waals surface area contributed by atoms with Crippen molar-refractivity contribution >= 4 is 36.0 Å². The Bertz CT molecular complexity index is 846. The van der Waals surface area contributed by atoms with E-state index >= 15 is 0 Å². The molecule has 2 aromatic carbocycles. The average molecular weight is 361 g/mol. The minimum Gasteiger partial charge on any atom is -0.494 e. The van der Waals surface area contributed by atoms with Crippen LogP contribution < -0.4 is 21.7 Å². The molecule has 0 fully saturated rings. The van der Waals surface area contributed by atoms with E-state index in [4.69, 9.17) is 21.6 Å². The number of nitrogen functional groups attached to an aromatic ring is 1. The summed E-state index contributed by atoms with van der Waals surface area (Å²) in [5.74, 6) is 0.490. The second kappa shape index (κ2) is 7.55. The predicted molar refractivity (Wildman–Crippen MR) is 101 cm³/mol. The number of benzene rings is 2. The number of allylic oxidation sites excluding steroid dienone is 1. The van der Waals surface area contributed by atoms with Crippen molar-refractivity contribution in [2.45, 2.75) is 13.1 Å². The number of alkyl halides is 3. The number of halogens is 3. The van der Waals surface area contributed by atoms with Gasteiger partial charge in [0, 0.05) is 22.9 Å². The summed E-state index contributed by atoms with van der Waals surface area (Å²) in [4.78, 5) is 0. The van der Waals surface area contributed by atoms with Crippen LogP contribution in [0.2, 0.25) is 0 Å². The van der Waals surface area contributed by atoms with E-state index in [2.05, 4.69) is 0 Å². The van der Waals surface area contributed by atoms with Crippen LogP contribution in [0.3, 0.4) is 0 Å². The molecule has 0 radical (unpaired) electrons. The lowest BCUT2D eigenvalue weighted by Gasteiger charge is -2.18. The third-order valence-corrected chi connectivity index (χ3v) is 3.77. The zero-order chi connectivity index (χ0) is 19.5. The number of hydrogen-bond acceptors (Lipinski definition) is 4. The second-order valence-corrected chi connectivity index (χ2v) is 5.71. The Kier molecular flexibility index (Phi) is 5.64. The van der Waals surface area contributed by atoms with Gasteiger partial charge in [0.2, 0.25) is 0 Å². The summed E-state index contributed by atoms with van der Waals surface area (Å²) in [6.45, 7) is 2.23. The van der Waals surface area contributed by atoms with Crippen LogP contribution >= 0.6 is 0 Å². The van der Waals surface area contributed by atoms with E-state index in [0.29, 0.717) is 12.4 Å². The molecule has 0 bridgehead atoms. The molecule has 136 valence electrons. The molecule has 0 saturated heterocycles. The summed E-state index contributed by atoms with van der Waals surface area (Å²) in [6, 6.07) is 10.9. The Morgan fingerprint density at radius 1 is 1.15 bits per heavy atom. The van der Waals surface area contributed by atoms with Crippen molar-refractivity contribution < 1.29 is 17.9 Å². The Morgan fingerprint density at radius 3 is 2.27 bits per heavy atom. The van der Waals surface area contributed by atoms with Gasteiger partial charge in [0.1, 0.15) is 19.3 Å². The Labute approximate surface area is 150 Å². The molecule has 0 atom stereocenters. The summed E-state index contributed by atoms with van der Waals surface area (Å²) < 4.78 is 45.0. The molecule has 0 aliphatic carbocycles. The lowest BCUT2D eigenvalue weighted by molar-refractivity contribution is -0.0578. The summed E-state index contributed by atoms with van der Waals surface area (Å²) in [7, 11) is 1.82. The molecule has 0 aliphatic heterocycles. The SMILES string of the molecule is Bc1ccc(/C(C(=N)C(F)(F)F)=C(/N)c2ccc(OCC)cc2N)cc1. The average Bonchev–Trinajstić information content (AvgIpc) is 2.56. The molecule has 0 saturated carbocycles. The highest BCUT2D eigenvalue weighted by Gasteiger charge is 2.38. The van der Waals surface area contributed by atoms with Crippen molar-refractivity contribution in [1.82, 2.24) is 0 Å². The second-order valence-electron chi connectivity index (χ2n) is 5.71. The van der Waals surface area contributed by atoms with E-state index in [9.17, 15) is 13.2 Å². The molecule has 2 aromatic rings. The quantitative estimate of drug-likeness (QED) is 0.331. The van der Waals surface area contributed by atoms with Crippen molar-refractivity contribution in [2.24, 2.45) is 5.73 Å². The Morgan fingerprint density at radius 2 is 1.77 bits per heavy atom. The normalized spacial score (nSPS) is 12.5. The van der Waals surface area contributed by atoms with Crippen LogP contribution in [-0.2, 0) is 0 Å². The molecule has 0 heterocycles. The number of anilines is 1. The number of nitrogens with two attached hydrogens (primary N) is 2. The minimum atomic E-state index is -4.84. The van der Waals surface area contributed by atoms with Gasteiger partial charge in [0.05, 0.1) is 12.3 Å². The summed E-state index contributed by atoms with van der Waals surface area (Å²) in [6.07, 6.45) is -4.84. The van der Waals surface area contributed by atoms with Crippen LogP contribution in [0.1, 0.15) is 18.1 Å².